The summed E-state index contributed by atoms with van der Waals surface area (Å²) in [6.45, 7) is 3.78. The lowest BCUT2D eigenvalue weighted by molar-refractivity contribution is -0.116. The Morgan fingerprint density at radius 1 is 1.21 bits per heavy atom. The molecule has 0 spiro atoms. The molecule has 1 aliphatic heterocycles. The number of ether oxygens (including phenoxy) is 2. The van der Waals surface area contributed by atoms with E-state index in [0.717, 1.165) is 25.5 Å². The van der Waals surface area contributed by atoms with Gasteiger partial charge in [0.15, 0.2) is 11.6 Å². The van der Waals surface area contributed by atoms with Crippen molar-refractivity contribution in [3.8, 4) is 11.5 Å². The van der Waals surface area contributed by atoms with Crippen LogP contribution >= 0.6 is 0 Å². The number of hydrogen-bond acceptors (Lipinski definition) is 8. The van der Waals surface area contributed by atoms with Crippen molar-refractivity contribution in [3.05, 3.63) is 60.7 Å². The largest absolute Gasteiger partial charge is 0.494 e. The van der Waals surface area contributed by atoms with Gasteiger partial charge in [0.2, 0.25) is 5.91 Å². The number of nitrogens with one attached hydrogen (secondary N) is 2. The van der Waals surface area contributed by atoms with Crippen molar-refractivity contribution < 1.29 is 23.0 Å². The zero-order valence-electron chi connectivity index (χ0n) is 21.7. The zero-order chi connectivity index (χ0) is 27.4. The third kappa shape index (κ3) is 6.06. The lowest BCUT2D eigenvalue weighted by Crippen LogP contribution is -2.30. The van der Waals surface area contributed by atoms with Crippen LogP contribution < -0.4 is 20.1 Å². The van der Waals surface area contributed by atoms with Gasteiger partial charge in [-0.05, 0) is 45.5 Å². The van der Waals surface area contributed by atoms with Gasteiger partial charge in [-0.3, -0.25) is 9.48 Å². The molecule has 1 aliphatic rings. The highest BCUT2D eigenvalue weighted by Crippen LogP contribution is 2.36. The number of fused-ring (bicyclic) bond motifs is 1. The van der Waals surface area contributed by atoms with Gasteiger partial charge in [0, 0.05) is 24.4 Å². The van der Waals surface area contributed by atoms with Gasteiger partial charge in [-0.15, -0.1) is 0 Å². The second kappa shape index (κ2) is 11.6. The van der Waals surface area contributed by atoms with Crippen molar-refractivity contribution in [2.45, 2.75) is 32.4 Å². The molecule has 0 bridgehead atoms. The van der Waals surface area contributed by atoms with Crippen molar-refractivity contribution >= 4 is 34.0 Å². The molecule has 5 rings (SSSR count). The van der Waals surface area contributed by atoms with Crippen LogP contribution in [0.25, 0.3) is 10.9 Å². The van der Waals surface area contributed by atoms with E-state index in [1.54, 1.807) is 6.20 Å². The number of carbonyl (C=O) groups excluding carboxylic acids is 1. The first-order valence-electron chi connectivity index (χ1n) is 12.7. The van der Waals surface area contributed by atoms with Crippen LogP contribution in [0.4, 0.5) is 26.0 Å². The lowest BCUT2D eigenvalue weighted by atomic mass is 10.2. The number of nitrogens with zero attached hydrogens (tertiary/aromatic N) is 5. The Morgan fingerprint density at radius 3 is 2.87 bits per heavy atom. The van der Waals surface area contributed by atoms with Gasteiger partial charge >= 0.3 is 0 Å². The van der Waals surface area contributed by atoms with E-state index in [1.165, 1.54) is 29.3 Å². The number of aromatic nitrogens is 4. The molecular formula is C27H29F2N7O3. The van der Waals surface area contributed by atoms with E-state index in [1.807, 2.05) is 19.1 Å². The molecule has 1 amide bonds. The Hall–Kier alpha value is -4.32. The van der Waals surface area contributed by atoms with E-state index in [-0.39, 0.29) is 12.2 Å². The van der Waals surface area contributed by atoms with Crippen LogP contribution in [0, 0.1) is 11.6 Å². The van der Waals surface area contributed by atoms with Gasteiger partial charge < -0.3 is 25.0 Å². The zero-order valence-corrected chi connectivity index (χ0v) is 21.7. The molecule has 2 aromatic heterocycles. The topological polar surface area (TPSA) is 106 Å². The third-order valence-corrected chi connectivity index (χ3v) is 6.52. The number of likely N-dealkylation sites (N-methyl/N-ethyl adjacent to an activating group) is 1. The standard InChI is InChI=1S/C27H29F2N7O3/c1-3-38-19-10-22-25(23(11-19)39-15-18-6-5-9-35(18)2)27(31-16-30-22)33-17-12-32-36(13-17)14-24(37)34-21-8-4-7-20(28)26(21)29/h4,7-8,10-13,16,18H,3,5-6,9,14-15H2,1-2H3,(H,34,37)(H,30,31,33)/t18-/m1/s1. The summed E-state index contributed by atoms with van der Waals surface area (Å²) in [5.41, 5.74) is 0.980. The van der Waals surface area contributed by atoms with E-state index in [9.17, 15) is 13.6 Å². The molecule has 0 unspecified atom stereocenters. The van der Waals surface area contributed by atoms with Crippen LogP contribution in [0.2, 0.25) is 0 Å². The van der Waals surface area contributed by atoms with Gasteiger partial charge in [-0.2, -0.15) is 5.10 Å². The highest BCUT2D eigenvalue weighted by atomic mass is 19.2. The predicted molar refractivity (Wildman–Crippen MR) is 142 cm³/mol. The number of anilines is 3. The van der Waals surface area contributed by atoms with Crippen LogP contribution in [0.5, 0.6) is 11.5 Å². The van der Waals surface area contributed by atoms with Crippen LogP contribution in [0.3, 0.4) is 0 Å². The summed E-state index contributed by atoms with van der Waals surface area (Å²) in [7, 11) is 2.10. The van der Waals surface area contributed by atoms with Crippen molar-refractivity contribution in [3.63, 3.8) is 0 Å². The monoisotopic (exact) mass is 537 g/mol. The normalized spacial score (nSPS) is 15.4. The van der Waals surface area contributed by atoms with Crippen molar-refractivity contribution in [2.24, 2.45) is 0 Å². The fourth-order valence-corrected chi connectivity index (χ4v) is 4.55. The van der Waals surface area contributed by atoms with Crippen molar-refractivity contribution in [1.29, 1.82) is 0 Å². The van der Waals surface area contributed by atoms with E-state index >= 15 is 0 Å². The molecule has 4 aromatic rings. The summed E-state index contributed by atoms with van der Waals surface area (Å²) in [5, 5.41) is 10.5. The van der Waals surface area contributed by atoms with Gasteiger partial charge in [0.05, 0.1) is 35.1 Å². The van der Waals surface area contributed by atoms with Gasteiger partial charge in [0.1, 0.15) is 36.8 Å². The van der Waals surface area contributed by atoms with Gasteiger partial charge in [-0.1, -0.05) is 6.07 Å². The summed E-state index contributed by atoms with van der Waals surface area (Å²) in [4.78, 5) is 23.5. The summed E-state index contributed by atoms with van der Waals surface area (Å²) in [6, 6.07) is 7.58. The predicted octanol–water partition coefficient (Wildman–Crippen LogP) is 4.36. The van der Waals surface area contributed by atoms with Gasteiger partial charge in [-0.25, -0.2) is 18.7 Å². The minimum atomic E-state index is -1.12. The molecule has 12 heteroatoms. The molecule has 2 N–H and O–H groups in total. The Labute approximate surface area is 223 Å². The minimum Gasteiger partial charge on any atom is -0.494 e. The van der Waals surface area contributed by atoms with E-state index in [0.29, 0.717) is 53.2 Å². The van der Waals surface area contributed by atoms with Crippen LogP contribution in [-0.2, 0) is 11.3 Å². The second-order valence-corrected chi connectivity index (χ2v) is 9.26. The van der Waals surface area contributed by atoms with Crippen molar-refractivity contribution in [1.82, 2.24) is 24.6 Å². The highest BCUT2D eigenvalue weighted by Gasteiger charge is 2.23. The molecule has 0 saturated carbocycles. The van der Waals surface area contributed by atoms with Gasteiger partial charge in [0.25, 0.3) is 0 Å². The minimum absolute atomic E-state index is 0.205. The number of likely N-dealkylation sites (tertiary alicyclic amines) is 1. The number of rotatable bonds is 10. The van der Waals surface area contributed by atoms with Crippen LogP contribution in [0.1, 0.15) is 19.8 Å². The fraction of sp³-hybridized carbons (Fsp3) is 0.333. The lowest BCUT2D eigenvalue weighted by Gasteiger charge is -2.21. The number of hydrogen-bond donors (Lipinski definition) is 2. The molecule has 204 valence electrons. The first-order valence-corrected chi connectivity index (χ1v) is 12.7. The Morgan fingerprint density at radius 2 is 2.08 bits per heavy atom. The average Bonchev–Trinajstić information content (AvgIpc) is 3.53. The Balaban J connectivity index is 1.34. The molecule has 1 atom stereocenters. The van der Waals surface area contributed by atoms with Crippen molar-refractivity contribution in [2.75, 3.05) is 37.4 Å². The molecule has 39 heavy (non-hydrogen) atoms. The molecule has 10 nitrogen and oxygen atoms in total. The molecule has 1 fully saturated rings. The number of carbonyl (C=O) groups is 1. The van der Waals surface area contributed by atoms with E-state index < -0.39 is 17.5 Å². The number of benzene rings is 2. The second-order valence-electron chi connectivity index (χ2n) is 9.26. The summed E-state index contributed by atoms with van der Waals surface area (Å²) >= 11 is 0. The maximum atomic E-state index is 13.9. The summed E-state index contributed by atoms with van der Waals surface area (Å²) < 4.78 is 40.7. The molecule has 0 radical (unpaired) electrons. The van der Waals surface area contributed by atoms with E-state index in [2.05, 4.69) is 37.6 Å². The van der Waals surface area contributed by atoms with E-state index in [4.69, 9.17) is 9.47 Å². The average molecular weight is 538 g/mol. The molecule has 2 aromatic carbocycles. The summed E-state index contributed by atoms with van der Waals surface area (Å²) in [6.07, 6.45) is 6.80. The first kappa shape index (κ1) is 26.3. The third-order valence-electron chi connectivity index (χ3n) is 6.52. The first-order chi connectivity index (χ1) is 18.9. The quantitative estimate of drug-likeness (QED) is 0.308. The maximum absolute atomic E-state index is 13.9. The molecule has 1 saturated heterocycles. The van der Waals surface area contributed by atoms with Crippen LogP contribution in [-0.4, -0.2) is 63.4 Å². The van der Waals surface area contributed by atoms with Crippen LogP contribution in [0.15, 0.2) is 49.1 Å². The Kier molecular flexibility index (Phi) is 7.82. The highest BCUT2D eigenvalue weighted by molar-refractivity contribution is 5.96. The smallest absolute Gasteiger partial charge is 0.246 e. The molecular weight excluding hydrogens is 508 g/mol. The maximum Gasteiger partial charge on any atom is 0.246 e. The number of halogens is 2. The fourth-order valence-electron chi connectivity index (χ4n) is 4.55. The summed E-state index contributed by atoms with van der Waals surface area (Å²) in [5.74, 6) is -0.959. The molecule has 0 aliphatic carbocycles. The SMILES string of the molecule is CCOc1cc(OC[C@H]2CCCN2C)c2c(Nc3cnn(CC(=O)Nc4cccc(F)c4F)c3)ncnc2c1. The number of amides is 1. The Bertz CT molecular complexity index is 1480. The molecule has 3 heterocycles.